The Kier molecular flexibility index (Phi) is 8.78. The molecule has 0 aliphatic heterocycles. The summed E-state index contributed by atoms with van der Waals surface area (Å²) in [6, 6.07) is 4.05. The molecular formula is C20H30N2O5. The van der Waals surface area contributed by atoms with Crippen molar-refractivity contribution in [2.45, 2.75) is 46.6 Å². The third-order valence-electron chi connectivity index (χ3n) is 4.09. The predicted molar refractivity (Wildman–Crippen MR) is 103 cm³/mol. The van der Waals surface area contributed by atoms with Crippen LogP contribution in [0.4, 0.5) is 0 Å². The van der Waals surface area contributed by atoms with Gasteiger partial charge in [-0.2, -0.15) is 0 Å². The Bertz CT molecular complexity index is 670. The minimum Gasteiger partial charge on any atom is -0.496 e. The van der Waals surface area contributed by atoms with Crippen LogP contribution in [0.5, 0.6) is 5.75 Å². The number of rotatable bonds is 10. The van der Waals surface area contributed by atoms with Crippen molar-refractivity contribution in [2.75, 3.05) is 13.7 Å². The van der Waals surface area contributed by atoms with Crippen LogP contribution in [-0.4, -0.2) is 42.6 Å². The summed E-state index contributed by atoms with van der Waals surface area (Å²) in [6.07, 6.45) is 0.864. The molecule has 1 rings (SSSR count). The maximum absolute atomic E-state index is 12.5. The molecule has 1 aromatic rings. The lowest BCUT2D eigenvalue weighted by Gasteiger charge is -2.22. The van der Waals surface area contributed by atoms with Gasteiger partial charge in [0.1, 0.15) is 11.8 Å². The van der Waals surface area contributed by atoms with Crippen molar-refractivity contribution in [2.24, 2.45) is 11.8 Å². The van der Waals surface area contributed by atoms with E-state index < -0.39 is 12.0 Å². The highest BCUT2D eigenvalue weighted by atomic mass is 16.5. The minimum absolute atomic E-state index is 0.0366. The normalized spacial score (nSPS) is 12.0. The molecule has 27 heavy (non-hydrogen) atoms. The minimum atomic E-state index is -1.02. The van der Waals surface area contributed by atoms with E-state index in [1.807, 2.05) is 27.7 Å². The molecule has 0 fully saturated rings. The zero-order valence-electron chi connectivity index (χ0n) is 16.7. The van der Waals surface area contributed by atoms with Crippen LogP contribution in [0.2, 0.25) is 0 Å². The molecule has 3 N–H and O–H groups in total. The van der Waals surface area contributed by atoms with Crippen LogP contribution in [0, 0.1) is 11.8 Å². The van der Waals surface area contributed by atoms with E-state index in [2.05, 4.69) is 10.6 Å². The molecule has 150 valence electrons. The highest BCUT2D eigenvalue weighted by Crippen LogP contribution is 2.20. The van der Waals surface area contributed by atoms with E-state index in [0.717, 1.165) is 5.56 Å². The monoisotopic (exact) mass is 378 g/mol. The molecule has 0 bridgehead atoms. The van der Waals surface area contributed by atoms with Crippen LogP contribution in [0.3, 0.4) is 0 Å². The van der Waals surface area contributed by atoms with E-state index in [-0.39, 0.29) is 29.2 Å². The molecule has 0 spiro atoms. The summed E-state index contributed by atoms with van der Waals surface area (Å²) in [5.41, 5.74) is 0.945. The number of nitrogens with one attached hydrogen (secondary N) is 2. The number of carboxylic acids is 1. The summed E-state index contributed by atoms with van der Waals surface area (Å²) >= 11 is 0. The van der Waals surface area contributed by atoms with Crippen molar-refractivity contribution < 1.29 is 24.2 Å². The van der Waals surface area contributed by atoms with Crippen LogP contribution in [0.25, 0.3) is 0 Å². The van der Waals surface area contributed by atoms with E-state index in [4.69, 9.17) is 9.84 Å². The van der Waals surface area contributed by atoms with Crippen molar-refractivity contribution in [3.8, 4) is 5.75 Å². The summed E-state index contributed by atoms with van der Waals surface area (Å²) in [5.74, 6) is -0.736. The third kappa shape index (κ3) is 7.29. The second kappa shape index (κ2) is 10.5. The van der Waals surface area contributed by atoms with Gasteiger partial charge in [-0.15, -0.1) is 0 Å². The SMILES string of the molecule is COc1cc(C(=O)O)ccc1CCNC(=O)C(NC(=O)CC(C)C)C(C)C. The van der Waals surface area contributed by atoms with Gasteiger partial charge in [-0.25, -0.2) is 4.79 Å². The topological polar surface area (TPSA) is 105 Å². The van der Waals surface area contributed by atoms with Gasteiger partial charge >= 0.3 is 5.97 Å². The molecule has 0 radical (unpaired) electrons. The van der Waals surface area contributed by atoms with Gasteiger partial charge in [-0.3, -0.25) is 9.59 Å². The molecule has 1 unspecified atom stereocenters. The van der Waals surface area contributed by atoms with Gasteiger partial charge in [0, 0.05) is 13.0 Å². The number of carbonyl (C=O) groups excluding carboxylic acids is 2. The number of carboxylic acid groups (broad SMARTS) is 1. The molecule has 2 amide bonds. The molecule has 0 aliphatic carbocycles. The van der Waals surface area contributed by atoms with Gasteiger partial charge < -0.3 is 20.5 Å². The van der Waals surface area contributed by atoms with Gasteiger partial charge in [0.2, 0.25) is 11.8 Å². The summed E-state index contributed by atoms with van der Waals surface area (Å²) in [7, 11) is 1.47. The van der Waals surface area contributed by atoms with E-state index in [0.29, 0.717) is 25.1 Å². The van der Waals surface area contributed by atoms with Crippen LogP contribution in [-0.2, 0) is 16.0 Å². The fourth-order valence-electron chi connectivity index (χ4n) is 2.65. The second-order valence-corrected chi connectivity index (χ2v) is 7.26. The Morgan fingerprint density at radius 3 is 2.33 bits per heavy atom. The van der Waals surface area contributed by atoms with Gasteiger partial charge in [-0.05, 0) is 36.0 Å². The van der Waals surface area contributed by atoms with Crippen molar-refractivity contribution in [1.29, 1.82) is 0 Å². The average Bonchev–Trinajstić information content (AvgIpc) is 2.58. The summed E-state index contributed by atoms with van der Waals surface area (Å²) in [4.78, 5) is 35.5. The van der Waals surface area contributed by atoms with E-state index >= 15 is 0 Å². The Morgan fingerprint density at radius 2 is 1.81 bits per heavy atom. The van der Waals surface area contributed by atoms with Gasteiger partial charge in [0.05, 0.1) is 12.7 Å². The number of hydrogen-bond donors (Lipinski definition) is 3. The zero-order valence-corrected chi connectivity index (χ0v) is 16.7. The van der Waals surface area contributed by atoms with Crippen LogP contribution >= 0.6 is 0 Å². The molecule has 0 saturated carbocycles. The predicted octanol–water partition coefficient (Wildman–Crippen LogP) is 2.24. The van der Waals surface area contributed by atoms with Crippen LogP contribution < -0.4 is 15.4 Å². The van der Waals surface area contributed by atoms with Gasteiger partial charge in [0.15, 0.2) is 0 Å². The highest BCUT2D eigenvalue weighted by molar-refractivity contribution is 5.88. The van der Waals surface area contributed by atoms with Crippen molar-refractivity contribution in [3.63, 3.8) is 0 Å². The van der Waals surface area contributed by atoms with Gasteiger partial charge in [0.25, 0.3) is 0 Å². The Morgan fingerprint density at radius 1 is 1.15 bits per heavy atom. The molecule has 1 atom stereocenters. The number of amides is 2. The third-order valence-corrected chi connectivity index (χ3v) is 4.09. The summed E-state index contributed by atoms with van der Waals surface area (Å²) in [6.45, 7) is 8.02. The van der Waals surface area contributed by atoms with E-state index in [1.165, 1.54) is 19.2 Å². The first-order chi connectivity index (χ1) is 12.6. The van der Waals surface area contributed by atoms with E-state index in [1.54, 1.807) is 6.07 Å². The van der Waals surface area contributed by atoms with Crippen molar-refractivity contribution in [3.05, 3.63) is 29.3 Å². The smallest absolute Gasteiger partial charge is 0.335 e. The number of methoxy groups -OCH3 is 1. The fraction of sp³-hybridized carbons (Fsp3) is 0.550. The molecule has 7 nitrogen and oxygen atoms in total. The lowest BCUT2D eigenvalue weighted by Crippen LogP contribution is -2.50. The van der Waals surface area contributed by atoms with Gasteiger partial charge in [-0.1, -0.05) is 33.8 Å². The highest BCUT2D eigenvalue weighted by Gasteiger charge is 2.24. The van der Waals surface area contributed by atoms with Crippen LogP contribution in [0.1, 0.15) is 50.0 Å². The molecular weight excluding hydrogens is 348 g/mol. The molecule has 1 aromatic carbocycles. The number of hydrogen-bond acceptors (Lipinski definition) is 4. The first kappa shape index (κ1) is 22.5. The maximum Gasteiger partial charge on any atom is 0.335 e. The second-order valence-electron chi connectivity index (χ2n) is 7.26. The Balaban J connectivity index is 2.66. The Labute approximate surface area is 160 Å². The molecule has 0 aliphatic rings. The molecule has 0 heterocycles. The summed E-state index contributed by atoms with van der Waals surface area (Å²) < 4.78 is 5.24. The molecule has 0 aromatic heterocycles. The molecule has 0 saturated heterocycles. The standard InChI is InChI=1S/C20H30N2O5/c1-12(2)10-17(23)22-18(13(3)4)19(24)21-9-8-14-6-7-15(20(25)26)11-16(14)27-5/h6-7,11-13,18H,8-10H2,1-5H3,(H,21,24)(H,22,23)(H,25,26). The van der Waals surface area contributed by atoms with E-state index in [9.17, 15) is 14.4 Å². The number of benzene rings is 1. The zero-order chi connectivity index (χ0) is 20.6. The largest absolute Gasteiger partial charge is 0.496 e. The first-order valence-corrected chi connectivity index (χ1v) is 9.13. The number of aromatic carboxylic acids is 1. The quantitative estimate of drug-likeness (QED) is 0.579. The fourth-order valence-corrected chi connectivity index (χ4v) is 2.65. The van der Waals surface area contributed by atoms with Crippen molar-refractivity contribution in [1.82, 2.24) is 10.6 Å². The van der Waals surface area contributed by atoms with Crippen molar-refractivity contribution >= 4 is 17.8 Å². The van der Waals surface area contributed by atoms with Crippen LogP contribution in [0.15, 0.2) is 18.2 Å². The Hall–Kier alpha value is -2.57. The maximum atomic E-state index is 12.5. The lowest BCUT2D eigenvalue weighted by molar-refractivity contribution is -0.130. The average molecular weight is 378 g/mol. The number of carbonyl (C=O) groups is 3. The first-order valence-electron chi connectivity index (χ1n) is 9.13. The molecule has 7 heteroatoms. The number of ether oxygens (including phenoxy) is 1. The lowest BCUT2D eigenvalue weighted by atomic mass is 10.0. The summed E-state index contributed by atoms with van der Waals surface area (Å²) in [5, 5.41) is 14.7.